The Labute approximate surface area is 149 Å². The number of aromatic nitrogens is 1. The molecule has 1 amide bonds. The lowest BCUT2D eigenvalue weighted by molar-refractivity contribution is -0.137. The molecule has 2 heterocycles. The van der Waals surface area contributed by atoms with Crippen molar-refractivity contribution in [3.8, 4) is 0 Å². The van der Waals surface area contributed by atoms with Crippen molar-refractivity contribution in [2.45, 2.75) is 51.4 Å². The largest absolute Gasteiger partial charge is 0.444 e. The van der Waals surface area contributed by atoms with Crippen LogP contribution in [-0.2, 0) is 10.9 Å². The van der Waals surface area contributed by atoms with Gasteiger partial charge in [0.15, 0.2) is 0 Å². The van der Waals surface area contributed by atoms with Crippen molar-refractivity contribution in [3.05, 3.63) is 22.8 Å². The molecule has 1 N–H and O–H groups in total. The molecule has 1 aromatic heterocycles. The number of alkyl halides is 3. The first-order valence-corrected chi connectivity index (χ1v) is 8.16. The first kappa shape index (κ1) is 19.6. The highest BCUT2D eigenvalue weighted by atomic mass is 35.5. The molecule has 1 aromatic rings. The highest BCUT2D eigenvalue weighted by Gasteiger charge is 2.38. The summed E-state index contributed by atoms with van der Waals surface area (Å²) in [6.45, 7) is 8.01. The van der Waals surface area contributed by atoms with Crippen LogP contribution in [0.1, 0.15) is 39.7 Å². The van der Waals surface area contributed by atoms with Crippen LogP contribution in [0.2, 0.25) is 5.02 Å². The molecule has 1 aliphatic rings. The van der Waals surface area contributed by atoms with Gasteiger partial charge in [0.25, 0.3) is 0 Å². The van der Waals surface area contributed by atoms with E-state index in [0.29, 0.717) is 19.5 Å². The van der Waals surface area contributed by atoms with Crippen LogP contribution in [0.5, 0.6) is 0 Å². The van der Waals surface area contributed by atoms with Crippen LogP contribution in [0, 0.1) is 0 Å². The maximum absolute atomic E-state index is 12.7. The average molecular weight is 380 g/mol. The lowest BCUT2D eigenvalue weighted by Gasteiger charge is -2.28. The normalized spacial score (nSPS) is 21.4. The second-order valence-corrected chi connectivity index (χ2v) is 7.79. The molecule has 9 heteroatoms. The number of hydrogen-bond donors (Lipinski definition) is 1. The summed E-state index contributed by atoms with van der Waals surface area (Å²) in [4.78, 5) is 17.6. The van der Waals surface area contributed by atoms with Gasteiger partial charge in [-0.3, -0.25) is 0 Å². The van der Waals surface area contributed by atoms with Gasteiger partial charge < -0.3 is 15.0 Å². The zero-order chi connectivity index (χ0) is 19.0. The van der Waals surface area contributed by atoms with Crippen molar-refractivity contribution in [2.75, 3.05) is 18.0 Å². The minimum atomic E-state index is -4.49. The molecule has 1 fully saturated rings. The van der Waals surface area contributed by atoms with E-state index in [1.54, 1.807) is 25.7 Å². The third kappa shape index (κ3) is 5.14. The number of anilines is 1. The predicted molar refractivity (Wildman–Crippen MR) is 88.9 cm³/mol. The van der Waals surface area contributed by atoms with Gasteiger partial charge in [0, 0.05) is 19.3 Å². The third-order valence-corrected chi connectivity index (χ3v) is 4.00. The summed E-state index contributed by atoms with van der Waals surface area (Å²) in [7, 11) is 0. The SMILES string of the molecule is CC1(NC(=O)OC(C)(C)C)CCN(c2ncc(C(F)(F)F)cc2Cl)C1. The minimum absolute atomic E-state index is 0.0728. The number of ether oxygens (including phenoxy) is 1. The van der Waals surface area contributed by atoms with E-state index in [-0.39, 0.29) is 10.8 Å². The van der Waals surface area contributed by atoms with Gasteiger partial charge in [0.1, 0.15) is 11.4 Å². The van der Waals surface area contributed by atoms with E-state index in [0.717, 1.165) is 12.3 Å². The zero-order valence-corrected chi connectivity index (χ0v) is 15.3. The quantitative estimate of drug-likeness (QED) is 0.834. The molecule has 2 rings (SSSR count). The monoisotopic (exact) mass is 379 g/mol. The van der Waals surface area contributed by atoms with E-state index in [1.807, 2.05) is 6.92 Å². The van der Waals surface area contributed by atoms with Crippen LogP contribution < -0.4 is 10.2 Å². The number of carbonyl (C=O) groups is 1. The second-order valence-electron chi connectivity index (χ2n) is 7.39. The van der Waals surface area contributed by atoms with E-state index in [4.69, 9.17) is 16.3 Å². The topological polar surface area (TPSA) is 54.5 Å². The summed E-state index contributed by atoms with van der Waals surface area (Å²) in [6, 6.07) is 0.862. The Balaban J connectivity index is 2.08. The molecule has 1 aliphatic heterocycles. The van der Waals surface area contributed by atoms with Crippen LogP contribution >= 0.6 is 11.6 Å². The van der Waals surface area contributed by atoms with Crippen molar-refractivity contribution in [2.24, 2.45) is 0 Å². The number of hydrogen-bond acceptors (Lipinski definition) is 4. The van der Waals surface area contributed by atoms with E-state index in [1.165, 1.54) is 0 Å². The van der Waals surface area contributed by atoms with Crippen LogP contribution in [0.15, 0.2) is 12.3 Å². The number of nitrogens with zero attached hydrogens (tertiary/aromatic N) is 2. The number of carbonyl (C=O) groups excluding carboxylic acids is 1. The van der Waals surface area contributed by atoms with Crippen molar-refractivity contribution < 1.29 is 22.7 Å². The lowest BCUT2D eigenvalue weighted by Crippen LogP contribution is -2.49. The van der Waals surface area contributed by atoms with Crippen molar-refractivity contribution in [1.82, 2.24) is 10.3 Å². The van der Waals surface area contributed by atoms with Gasteiger partial charge in [-0.1, -0.05) is 11.6 Å². The molecular formula is C16H21ClF3N3O2. The molecule has 0 saturated carbocycles. The number of amides is 1. The van der Waals surface area contributed by atoms with Crippen LogP contribution in [0.4, 0.5) is 23.8 Å². The number of pyridine rings is 1. The zero-order valence-electron chi connectivity index (χ0n) is 14.5. The molecule has 0 aromatic carbocycles. The number of alkyl carbamates (subject to hydrolysis) is 1. The summed E-state index contributed by atoms with van der Waals surface area (Å²) < 4.78 is 43.4. The average Bonchev–Trinajstić information content (AvgIpc) is 2.76. The Morgan fingerprint density at radius 1 is 1.40 bits per heavy atom. The summed E-state index contributed by atoms with van der Waals surface area (Å²) >= 11 is 5.99. The fourth-order valence-corrected chi connectivity index (χ4v) is 2.90. The maximum atomic E-state index is 12.7. The van der Waals surface area contributed by atoms with Gasteiger partial charge in [-0.25, -0.2) is 9.78 Å². The molecule has 0 radical (unpaired) electrons. The molecule has 1 atom stereocenters. The number of rotatable bonds is 2. The number of nitrogens with one attached hydrogen (secondary N) is 1. The molecule has 0 bridgehead atoms. The van der Waals surface area contributed by atoms with E-state index in [2.05, 4.69) is 10.3 Å². The van der Waals surface area contributed by atoms with Gasteiger partial charge in [0.05, 0.1) is 16.1 Å². The Kier molecular flexibility index (Phi) is 5.14. The standard InChI is InChI=1S/C16H21ClF3N3O2/c1-14(2,3)25-13(24)22-15(4)5-6-23(9-15)12-11(17)7-10(8-21-12)16(18,19)20/h7-8H,5-6,9H2,1-4H3,(H,22,24). The molecule has 0 aliphatic carbocycles. The molecule has 1 saturated heterocycles. The molecule has 0 spiro atoms. The Hall–Kier alpha value is -1.70. The van der Waals surface area contributed by atoms with E-state index < -0.39 is 29.0 Å². The molecule has 5 nitrogen and oxygen atoms in total. The van der Waals surface area contributed by atoms with Crippen LogP contribution in [0.25, 0.3) is 0 Å². The minimum Gasteiger partial charge on any atom is -0.444 e. The predicted octanol–water partition coefficient (Wildman–Crippen LogP) is 4.25. The van der Waals surface area contributed by atoms with Crippen LogP contribution in [-0.4, -0.2) is 35.3 Å². The summed E-state index contributed by atoms with van der Waals surface area (Å²) in [5.74, 6) is 0.268. The van der Waals surface area contributed by atoms with Crippen molar-refractivity contribution in [1.29, 1.82) is 0 Å². The molecule has 140 valence electrons. The molecule has 25 heavy (non-hydrogen) atoms. The summed E-state index contributed by atoms with van der Waals surface area (Å²) in [5, 5.41) is 2.74. The molecule has 1 unspecified atom stereocenters. The first-order chi connectivity index (χ1) is 11.3. The summed E-state index contributed by atoms with van der Waals surface area (Å²) in [5.41, 5.74) is -2.09. The van der Waals surface area contributed by atoms with Gasteiger partial charge in [-0.15, -0.1) is 0 Å². The molecular weight excluding hydrogens is 359 g/mol. The van der Waals surface area contributed by atoms with Crippen molar-refractivity contribution in [3.63, 3.8) is 0 Å². The number of halogens is 4. The van der Waals surface area contributed by atoms with E-state index >= 15 is 0 Å². The van der Waals surface area contributed by atoms with Crippen LogP contribution in [0.3, 0.4) is 0 Å². The highest BCUT2D eigenvalue weighted by Crippen LogP contribution is 2.35. The van der Waals surface area contributed by atoms with Crippen molar-refractivity contribution >= 4 is 23.5 Å². The lowest BCUT2D eigenvalue weighted by atomic mass is 10.0. The van der Waals surface area contributed by atoms with Gasteiger partial charge >= 0.3 is 12.3 Å². The smallest absolute Gasteiger partial charge is 0.417 e. The Bertz CT molecular complexity index is 661. The third-order valence-electron chi connectivity index (χ3n) is 3.72. The van der Waals surface area contributed by atoms with Gasteiger partial charge in [-0.2, -0.15) is 13.2 Å². The Morgan fingerprint density at radius 2 is 2.04 bits per heavy atom. The summed E-state index contributed by atoms with van der Waals surface area (Å²) in [6.07, 6.45) is -3.68. The van der Waals surface area contributed by atoms with Gasteiger partial charge in [0.2, 0.25) is 0 Å². The second kappa shape index (κ2) is 6.55. The fourth-order valence-electron chi connectivity index (χ4n) is 2.61. The fraction of sp³-hybridized carbons (Fsp3) is 0.625. The van der Waals surface area contributed by atoms with E-state index in [9.17, 15) is 18.0 Å². The first-order valence-electron chi connectivity index (χ1n) is 7.78. The Morgan fingerprint density at radius 3 is 2.56 bits per heavy atom. The van der Waals surface area contributed by atoms with Gasteiger partial charge in [-0.05, 0) is 40.2 Å². The highest BCUT2D eigenvalue weighted by molar-refractivity contribution is 6.33. The maximum Gasteiger partial charge on any atom is 0.417 e.